The molecule has 0 aromatic carbocycles. The van der Waals surface area contributed by atoms with E-state index in [-0.39, 0.29) is 0 Å². The Kier molecular flexibility index (Phi) is 16.1. The molecule has 0 spiro atoms. The van der Waals surface area contributed by atoms with E-state index < -0.39 is 0 Å². The van der Waals surface area contributed by atoms with Crippen LogP contribution in [0.5, 0.6) is 0 Å². The highest BCUT2D eigenvalue weighted by molar-refractivity contribution is 4.96. The normalized spacial score (nSPS) is 22.7. The molecule has 0 saturated carbocycles. The monoisotopic (exact) mass is 371 g/mol. The summed E-state index contributed by atoms with van der Waals surface area (Å²) >= 11 is 0. The molecule has 0 aromatic rings. The molecular formula is C23H53N3. The first-order valence-electron chi connectivity index (χ1n) is 11.5. The van der Waals surface area contributed by atoms with E-state index in [0.717, 1.165) is 12.5 Å². The average Bonchev–Trinajstić information content (AvgIpc) is 2.64. The number of nitrogens with zero attached hydrogens (tertiary/aromatic N) is 2. The lowest BCUT2D eigenvalue weighted by Gasteiger charge is -2.52. The molecule has 2 heterocycles. The number of nitrogens with two attached hydrogens (primary N) is 1. The molecule has 0 radical (unpaired) electrons. The second kappa shape index (κ2) is 14.9. The summed E-state index contributed by atoms with van der Waals surface area (Å²) in [5.74, 6) is 0.808. The van der Waals surface area contributed by atoms with Crippen LogP contribution < -0.4 is 5.73 Å². The highest BCUT2D eigenvalue weighted by atomic mass is 15.2. The third-order valence-corrected chi connectivity index (χ3v) is 5.84. The summed E-state index contributed by atoms with van der Waals surface area (Å²) in [6, 6.07) is 0. The van der Waals surface area contributed by atoms with E-state index in [0.29, 0.717) is 11.1 Å². The second-order valence-electron chi connectivity index (χ2n) is 8.34. The van der Waals surface area contributed by atoms with Gasteiger partial charge in [-0.2, -0.15) is 0 Å². The number of rotatable bonds is 3. The summed E-state index contributed by atoms with van der Waals surface area (Å²) in [6.45, 7) is 27.8. The van der Waals surface area contributed by atoms with Crippen molar-refractivity contribution in [2.24, 2.45) is 11.7 Å². The average molecular weight is 372 g/mol. The lowest BCUT2D eigenvalue weighted by molar-refractivity contribution is -0.0218. The Balaban J connectivity index is 0. The van der Waals surface area contributed by atoms with Crippen molar-refractivity contribution in [2.45, 2.75) is 112 Å². The summed E-state index contributed by atoms with van der Waals surface area (Å²) in [7, 11) is 0. The van der Waals surface area contributed by atoms with E-state index in [4.69, 9.17) is 5.73 Å². The van der Waals surface area contributed by atoms with Gasteiger partial charge in [-0.25, -0.2) is 0 Å². The molecule has 2 fully saturated rings. The maximum absolute atomic E-state index is 5.57. The number of hydrogen-bond donors (Lipinski definition) is 1. The van der Waals surface area contributed by atoms with Crippen LogP contribution in [0, 0.1) is 5.92 Å². The van der Waals surface area contributed by atoms with Crippen LogP contribution >= 0.6 is 0 Å². The fourth-order valence-corrected chi connectivity index (χ4v) is 4.44. The highest BCUT2D eigenvalue weighted by Crippen LogP contribution is 2.37. The lowest BCUT2D eigenvalue weighted by atomic mass is 9.80. The van der Waals surface area contributed by atoms with Gasteiger partial charge in [0.2, 0.25) is 0 Å². The van der Waals surface area contributed by atoms with Gasteiger partial charge in [-0.1, -0.05) is 41.5 Å². The first-order chi connectivity index (χ1) is 12.3. The van der Waals surface area contributed by atoms with Gasteiger partial charge < -0.3 is 10.6 Å². The fourth-order valence-electron chi connectivity index (χ4n) is 4.44. The summed E-state index contributed by atoms with van der Waals surface area (Å²) in [6.07, 6.45) is 6.71. The van der Waals surface area contributed by atoms with Crippen molar-refractivity contribution < 1.29 is 0 Å². The van der Waals surface area contributed by atoms with E-state index in [1.165, 1.54) is 58.3 Å². The molecule has 26 heavy (non-hydrogen) atoms. The zero-order valence-corrected chi connectivity index (χ0v) is 20.1. The standard InChI is InChI=1S/C11H23N.C8H18N2.2C2H6/c1-6-12-10(2,3)8-7-9-11(12,4)5;1-2-10-5-3-8(7-9)4-6-10;2*1-2/h6-9H2,1-5H3;8H,2-7,9H2,1H3;2*1-2H3. The van der Waals surface area contributed by atoms with Gasteiger partial charge >= 0.3 is 0 Å². The van der Waals surface area contributed by atoms with Crippen molar-refractivity contribution in [3.05, 3.63) is 0 Å². The van der Waals surface area contributed by atoms with Crippen LogP contribution in [0.25, 0.3) is 0 Å². The third-order valence-electron chi connectivity index (χ3n) is 5.84. The molecule has 160 valence electrons. The van der Waals surface area contributed by atoms with Gasteiger partial charge in [-0.05, 0) is 98.4 Å². The largest absolute Gasteiger partial charge is 0.330 e. The fraction of sp³-hybridized carbons (Fsp3) is 1.00. The van der Waals surface area contributed by atoms with Crippen LogP contribution in [-0.4, -0.2) is 53.6 Å². The van der Waals surface area contributed by atoms with Crippen molar-refractivity contribution in [1.29, 1.82) is 0 Å². The van der Waals surface area contributed by atoms with Crippen molar-refractivity contribution >= 4 is 0 Å². The summed E-state index contributed by atoms with van der Waals surface area (Å²) in [5, 5.41) is 0. The summed E-state index contributed by atoms with van der Waals surface area (Å²) in [5.41, 5.74) is 6.40. The molecule has 3 nitrogen and oxygen atoms in total. The van der Waals surface area contributed by atoms with Gasteiger partial charge in [-0.15, -0.1) is 0 Å². The number of likely N-dealkylation sites (tertiary alicyclic amines) is 2. The Hall–Kier alpha value is -0.120. The molecule has 2 N–H and O–H groups in total. The van der Waals surface area contributed by atoms with Gasteiger partial charge in [0.25, 0.3) is 0 Å². The van der Waals surface area contributed by atoms with Gasteiger partial charge in [-0.3, -0.25) is 4.90 Å². The molecule has 2 rings (SSSR count). The van der Waals surface area contributed by atoms with E-state index >= 15 is 0 Å². The minimum absolute atomic E-state index is 0.413. The van der Waals surface area contributed by atoms with Crippen LogP contribution in [0.4, 0.5) is 0 Å². The Morgan fingerprint density at radius 1 is 0.808 bits per heavy atom. The molecule has 3 heteroatoms. The first-order valence-corrected chi connectivity index (χ1v) is 11.5. The van der Waals surface area contributed by atoms with Crippen LogP contribution in [0.1, 0.15) is 101 Å². The Morgan fingerprint density at radius 2 is 1.23 bits per heavy atom. The van der Waals surface area contributed by atoms with Crippen LogP contribution in [0.2, 0.25) is 0 Å². The molecule has 0 bridgehead atoms. The van der Waals surface area contributed by atoms with Gasteiger partial charge in [0, 0.05) is 11.1 Å². The summed E-state index contributed by atoms with van der Waals surface area (Å²) in [4.78, 5) is 5.13. The van der Waals surface area contributed by atoms with Crippen molar-refractivity contribution in [2.75, 3.05) is 32.7 Å². The molecule has 2 saturated heterocycles. The summed E-state index contributed by atoms with van der Waals surface area (Å²) < 4.78 is 0. The smallest absolute Gasteiger partial charge is 0.0158 e. The second-order valence-corrected chi connectivity index (χ2v) is 8.34. The topological polar surface area (TPSA) is 32.5 Å². The zero-order valence-electron chi connectivity index (χ0n) is 20.1. The maximum atomic E-state index is 5.57. The minimum Gasteiger partial charge on any atom is -0.330 e. The molecule has 2 aliphatic rings. The molecule has 0 atom stereocenters. The molecule has 0 aromatic heterocycles. The van der Waals surface area contributed by atoms with Crippen LogP contribution in [0.3, 0.4) is 0 Å². The highest BCUT2D eigenvalue weighted by Gasteiger charge is 2.39. The third kappa shape index (κ3) is 9.71. The molecule has 0 unspecified atom stereocenters. The van der Waals surface area contributed by atoms with E-state index in [9.17, 15) is 0 Å². The quantitative estimate of drug-likeness (QED) is 0.682. The van der Waals surface area contributed by atoms with Crippen LogP contribution in [0.15, 0.2) is 0 Å². The van der Waals surface area contributed by atoms with Crippen LogP contribution in [-0.2, 0) is 0 Å². The molecule has 2 aliphatic heterocycles. The SMILES string of the molecule is CC.CC.CCN1C(C)(C)CCCC1(C)C.CCN1CCC(CN)CC1. The van der Waals surface area contributed by atoms with Gasteiger partial charge in [0.15, 0.2) is 0 Å². The van der Waals surface area contributed by atoms with Crippen molar-refractivity contribution in [3.8, 4) is 0 Å². The molecular weight excluding hydrogens is 318 g/mol. The predicted molar refractivity (Wildman–Crippen MR) is 121 cm³/mol. The Morgan fingerprint density at radius 3 is 1.50 bits per heavy atom. The Bertz CT molecular complexity index is 277. The molecule has 0 amide bonds. The van der Waals surface area contributed by atoms with Gasteiger partial charge in [0.1, 0.15) is 0 Å². The maximum Gasteiger partial charge on any atom is 0.0158 e. The molecule has 0 aliphatic carbocycles. The predicted octanol–water partition coefficient (Wildman–Crippen LogP) is 5.78. The Labute approximate surface area is 167 Å². The zero-order chi connectivity index (χ0) is 20.8. The van der Waals surface area contributed by atoms with Gasteiger partial charge in [0.05, 0.1) is 0 Å². The van der Waals surface area contributed by atoms with Crippen molar-refractivity contribution in [3.63, 3.8) is 0 Å². The number of piperidine rings is 2. The van der Waals surface area contributed by atoms with E-state index in [1.807, 2.05) is 27.7 Å². The number of hydrogen-bond acceptors (Lipinski definition) is 3. The first kappa shape index (κ1) is 28.1. The van der Waals surface area contributed by atoms with E-state index in [2.05, 4.69) is 51.3 Å². The van der Waals surface area contributed by atoms with E-state index in [1.54, 1.807) is 0 Å². The minimum atomic E-state index is 0.413. The van der Waals surface area contributed by atoms with Crippen molar-refractivity contribution in [1.82, 2.24) is 9.80 Å². The lowest BCUT2D eigenvalue weighted by Crippen LogP contribution is -2.58.